The minimum atomic E-state index is -0.870. The molecule has 30 heavy (non-hydrogen) atoms. The van der Waals surface area contributed by atoms with Crippen molar-refractivity contribution in [2.24, 2.45) is 11.3 Å². The summed E-state index contributed by atoms with van der Waals surface area (Å²) in [5, 5.41) is 10.9. The van der Waals surface area contributed by atoms with Crippen LogP contribution in [-0.2, 0) is 6.42 Å². The molecule has 1 N–H and O–H groups in total. The van der Waals surface area contributed by atoms with Crippen LogP contribution in [0.5, 0.6) is 0 Å². The summed E-state index contributed by atoms with van der Waals surface area (Å²) in [5.74, 6) is -0.520. The topological polar surface area (TPSA) is 50.2 Å². The van der Waals surface area contributed by atoms with Gasteiger partial charge in [-0.1, -0.05) is 62.7 Å². The summed E-state index contributed by atoms with van der Waals surface area (Å²) in [4.78, 5) is 17.3. The maximum atomic E-state index is 12.4. The first-order valence-electron chi connectivity index (χ1n) is 10.6. The summed E-state index contributed by atoms with van der Waals surface area (Å²) in [6, 6.07) is 14.1. The molecule has 0 spiro atoms. The number of para-hydroxylation sites is 1. The van der Waals surface area contributed by atoms with Crippen LogP contribution in [0, 0.1) is 25.2 Å². The Bertz CT molecular complexity index is 1180. The average Bonchev–Trinajstić information content (AvgIpc) is 2.68. The van der Waals surface area contributed by atoms with Gasteiger partial charge < -0.3 is 5.11 Å². The zero-order valence-corrected chi connectivity index (χ0v) is 18.4. The number of aromatic nitrogens is 1. The smallest absolute Gasteiger partial charge is 0.336 e. The van der Waals surface area contributed by atoms with E-state index >= 15 is 0 Å². The molecule has 0 saturated carbocycles. The second kappa shape index (κ2) is 7.39. The van der Waals surface area contributed by atoms with Crippen LogP contribution in [0.2, 0.25) is 0 Å². The monoisotopic (exact) mass is 399 g/mol. The number of carbonyl (C=O) groups is 1. The Morgan fingerprint density at radius 1 is 1.10 bits per heavy atom. The first-order chi connectivity index (χ1) is 14.1. The van der Waals surface area contributed by atoms with Crippen LogP contribution in [-0.4, -0.2) is 16.1 Å². The lowest BCUT2D eigenvalue weighted by molar-refractivity contribution is 0.0696. The molecule has 1 aliphatic carbocycles. The molecular weight excluding hydrogens is 370 g/mol. The normalized spacial score (nSPS) is 17.9. The Kier molecular flexibility index (Phi) is 5.01. The van der Waals surface area contributed by atoms with E-state index in [0.29, 0.717) is 11.5 Å². The van der Waals surface area contributed by atoms with Crippen LogP contribution in [0.1, 0.15) is 65.5 Å². The largest absolute Gasteiger partial charge is 0.478 e. The van der Waals surface area contributed by atoms with Gasteiger partial charge in [0.25, 0.3) is 0 Å². The SMILES string of the molecule is Cc1ccc(C)c(/C=C2\C[C@H](C(C)(C)C)Cc3c2nc2ccccc2c3C(=O)O)c1. The van der Waals surface area contributed by atoms with Gasteiger partial charge in [-0.2, -0.15) is 0 Å². The third-order valence-corrected chi connectivity index (χ3v) is 6.42. The van der Waals surface area contributed by atoms with E-state index in [1.807, 2.05) is 24.3 Å². The molecular formula is C27H29NO2. The van der Waals surface area contributed by atoms with Crippen LogP contribution in [0.3, 0.4) is 0 Å². The fourth-order valence-electron chi connectivity index (χ4n) is 4.48. The van der Waals surface area contributed by atoms with Crippen molar-refractivity contribution in [2.75, 3.05) is 0 Å². The molecule has 3 aromatic rings. The second-order valence-electron chi connectivity index (χ2n) is 9.64. The molecule has 1 aromatic heterocycles. The number of rotatable bonds is 2. The van der Waals surface area contributed by atoms with E-state index in [-0.39, 0.29) is 5.41 Å². The Balaban J connectivity index is 2.03. The molecule has 3 heteroatoms. The summed E-state index contributed by atoms with van der Waals surface area (Å²) in [5.41, 5.74) is 7.71. The van der Waals surface area contributed by atoms with E-state index in [2.05, 4.69) is 58.9 Å². The molecule has 0 bridgehead atoms. The number of allylic oxidation sites excluding steroid dienone is 1. The number of carboxylic acid groups (broad SMARTS) is 1. The Labute approximate surface area is 178 Å². The van der Waals surface area contributed by atoms with Gasteiger partial charge in [-0.05, 0) is 72.4 Å². The number of pyridine rings is 1. The van der Waals surface area contributed by atoms with Crippen LogP contribution in [0.25, 0.3) is 22.6 Å². The van der Waals surface area contributed by atoms with Gasteiger partial charge in [0.2, 0.25) is 0 Å². The van der Waals surface area contributed by atoms with Crippen LogP contribution in [0.4, 0.5) is 0 Å². The van der Waals surface area contributed by atoms with Gasteiger partial charge >= 0.3 is 5.97 Å². The summed E-state index contributed by atoms with van der Waals surface area (Å²) >= 11 is 0. The van der Waals surface area contributed by atoms with E-state index in [1.165, 1.54) is 16.7 Å². The lowest BCUT2D eigenvalue weighted by Crippen LogP contribution is -2.28. The molecule has 154 valence electrons. The zero-order chi connectivity index (χ0) is 21.6. The van der Waals surface area contributed by atoms with Crippen molar-refractivity contribution in [2.45, 2.75) is 47.5 Å². The van der Waals surface area contributed by atoms with Crippen molar-refractivity contribution in [1.29, 1.82) is 0 Å². The number of aryl methyl sites for hydroxylation is 2. The van der Waals surface area contributed by atoms with Gasteiger partial charge in [-0.3, -0.25) is 0 Å². The van der Waals surface area contributed by atoms with E-state index in [0.717, 1.165) is 40.6 Å². The van der Waals surface area contributed by atoms with Gasteiger partial charge in [0.15, 0.2) is 0 Å². The maximum Gasteiger partial charge on any atom is 0.336 e. The number of carboxylic acids is 1. The number of hydrogen-bond acceptors (Lipinski definition) is 2. The molecule has 0 saturated heterocycles. The van der Waals surface area contributed by atoms with E-state index in [1.54, 1.807) is 0 Å². The first kappa shape index (κ1) is 20.3. The minimum absolute atomic E-state index is 0.0693. The van der Waals surface area contributed by atoms with Crippen molar-refractivity contribution < 1.29 is 9.90 Å². The third-order valence-electron chi connectivity index (χ3n) is 6.42. The highest BCUT2D eigenvalue weighted by Crippen LogP contribution is 2.44. The third kappa shape index (κ3) is 3.65. The van der Waals surface area contributed by atoms with Crippen molar-refractivity contribution in [3.63, 3.8) is 0 Å². The van der Waals surface area contributed by atoms with E-state index < -0.39 is 5.97 Å². The Hall–Kier alpha value is -2.94. The molecule has 1 aliphatic rings. The molecule has 0 unspecified atom stereocenters. The lowest BCUT2D eigenvalue weighted by Gasteiger charge is -2.36. The number of aromatic carboxylic acids is 1. The summed E-state index contributed by atoms with van der Waals surface area (Å²) in [6.07, 6.45) is 3.86. The number of fused-ring (bicyclic) bond motifs is 2. The number of hydrogen-bond donors (Lipinski definition) is 1. The quantitative estimate of drug-likeness (QED) is 0.522. The number of nitrogens with zero attached hydrogens (tertiary/aromatic N) is 1. The maximum absolute atomic E-state index is 12.4. The molecule has 0 fully saturated rings. The molecule has 1 heterocycles. The second-order valence-corrected chi connectivity index (χ2v) is 9.64. The lowest BCUT2D eigenvalue weighted by atomic mass is 9.69. The van der Waals surface area contributed by atoms with Gasteiger partial charge in [0, 0.05) is 5.39 Å². The van der Waals surface area contributed by atoms with E-state index in [4.69, 9.17) is 4.98 Å². The molecule has 2 aromatic carbocycles. The van der Waals surface area contributed by atoms with Crippen molar-refractivity contribution >= 4 is 28.5 Å². The molecule has 0 amide bonds. The predicted octanol–water partition coefficient (Wildman–Crippen LogP) is 6.70. The highest BCUT2D eigenvalue weighted by atomic mass is 16.4. The molecule has 1 atom stereocenters. The van der Waals surface area contributed by atoms with Gasteiger partial charge in [-0.15, -0.1) is 0 Å². The summed E-state index contributed by atoms with van der Waals surface area (Å²) in [7, 11) is 0. The molecule has 4 rings (SSSR count). The van der Waals surface area contributed by atoms with Gasteiger partial charge in [0.05, 0.1) is 16.8 Å². The van der Waals surface area contributed by atoms with Crippen molar-refractivity contribution in [1.82, 2.24) is 4.98 Å². The van der Waals surface area contributed by atoms with Crippen molar-refractivity contribution in [3.05, 3.63) is 76.0 Å². The minimum Gasteiger partial charge on any atom is -0.478 e. The summed E-state index contributed by atoms with van der Waals surface area (Å²) in [6.45, 7) is 10.9. The van der Waals surface area contributed by atoms with Gasteiger partial charge in [-0.25, -0.2) is 9.78 Å². The fraction of sp³-hybridized carbons (Fsp3) is 0.333. The average molecular weight is 400 g/mol. The highest BCUT2D eigenvalue weighted by molar-refractivity contribution is 6.06. The Morgan fingerprint density at radius 2 is 1.83 bits per heavy atom. The predicted molar refractivity (Wildman–Crippen MR) is 124 cm³/mol. The van der Waals surface area contributed by atoms with E-state index in [9.17, 15) is 9.90 Å². The molecule has 3 nitrogen and oxygen atoms in total. The highest BCUT2D eigenvalue weighted by Gasteiger charge is 2.35. The fourth-order valence-corrected chi connectivity index (χ4v) is 4.48. The molecule has 0 aliphatic heterocycles. The standard InChI is InChI=1S/C27H29NO2/c1-16-10-11-17(2)18(12-16)13-19-14-20(27(3,4)5)15-22-24(26(29)30)21-8-6-7-9-23(21)28-25(19)22/h6-13,20H,14-15H2,1-5H3,(H,29,30)/b19-13+/t20-/m0/s1. The van der Waals surface area contributed by atoms with Crippen LogP contribution < -0.4 is 0 Å². The molecule has 0 radical (unpaired) electrons. The van der Waals surface area contributed by atoms with Gasteiger partial charge in [0.1, 0.15) is 0 Å². The zero-order valence-electron chi connectivity index (χ0n) is 18.4. The Morgan fingerprint density at radius 3 is 2.53 bits per heavy atom. The van der Waals surface area contributed by atoms with Crippen LogP contribution in [0.15, 0.2) is 42.5 Å². The van der Waals surface area contributed by atoms with Crippen LogP contribution >= 0.6 is 0 Å². The number of benzene rings is 2. The van der Waals surface area contributed by atoms with Crippen molar-refractivity contribution in [3.8, 4) is 0 Å². The first-order valence-corrected chi connectivity index (χ1v) is 10.6. The summed E-state index contributed by atoms with van der Waals surface area (Å²) < 4.78 is 0.